The van der Waals surface area contributed by atoms with E-state index >= 15 is 0 Å². The van der Waals surface area contributed by atoms with Crippen LogP contribution in [0.2, 0.25) is 0 Å². The summed E-state index contributed by atoms with van der Waals surface area (Å²) >= 11 is 0. The summed E-state index contributed by atoms with van der Waals surface area (Å²) in [6.07, 6.45) is 4.87. The van der Waals surface area contributed by atoms with Gasteiger partial charge >= 0.3 is 0 Å². The number of furan rings is 1. The largest absolute Gasteiger partial charge is 0.467 e. The van der Waals surface area contributed by atoms with Gasteiger partial charge in [0.15, 0.2) is 12.0 Å². The fraction of sp³-hybridized carbons (Fsp3) is 0.611. The molecule has 0 saturated heterocycles. The number of carbonyl (C=O) groups excluding carboxylic acids is 1. The second-order valence-electron chi connectivity index (χ2n) is 6.30. The predicted molar refractivity (Wildman–Crippen MR) is 93.4 cm³/mol. The zero-order valence-corrected chi connectivity index (χ0v) is 15.5. The number of carbonyl (C=O) groups is 1. The Morgan fingerprint density at radius 2 is 2.12 bits per heavy atom. The summed E-state index contributed by atoms with van der Waals surface area (Å²) < 4.78 is 18.1. The van der Waals surface area contributed by atoms with Crippen molar-refractivity contribution in [3.05, 3.63) is 36.0 Å². The quantitative estimate of drug-likeness (QED) is 0.604. The van der Waals surface area contributed by atoms with Gasteiger partial charge in [0.2, 0.25) is 0 Å². The molecule has 2 aromatic heterocycles. The molecule has 0 spiro atoms. The van der Waals surface area contributed by atoms with Crippen LogP contribution in [0.3, 0.4) is 0 Å². The highest BCUT2D eigenvalue weighted by molar-refractivity contribution is 5.92. The third-order valence-electron chi connectivity index (χ3n) is 4.35. The van der Waals surface area contributed by atoms with Gasteiger partial charge in [-0.15, -0.1) is 5.10 Å². The van der Waals surface area contributed by atoms with Gasteiger partial charge in [-0.2, -0.15) is 0 Å². The lowest BCUT2D eigenvalue weighted by Crippen LogP contribution is -2.35. The molecule has 1 unspecified atom stereocenters. The second-order valence-corrected chi connectivity index (χ2v) is 6.30. The van der Waals surface area contributed by atoms with Crippen molar-refractivity contribution in [2.45, 2.75) is 58.5 Å². The third-order valence-corrected chi connectivity index (χ3v) is 4.35. The Morgan fingerprint density at radius 1 is 1.38 bits per heavy atom. The summed E-state index contributed by atoms with van der Waals surface area (Å²) in [5.41, 5.74) is 0.321. The van der Waals surface area contributed by atoms with Gasteiger partial charge in [-0.05, 0) is 45.7 Å². The van der Waals surface area contributed by atoms with Crippen LogP contribution in [0.1, 0.15) is 55.9 Å². The summed E-state index contributed by atoms with van der Waals surface area (Å²) in [6.45, 7) is 7.26. The van der Waals surface area contributed by atoms with Crippen molar-refractivity contribution in [3.63, 3.8) is 0 Å². The molecule has 1 amide bonds. The molecule has 0 aromatic carbocycles. The Kier molecular flexibility index (Phi) is 6.05. The van der Waals surface area contributed by atoms with E-state index in [1.54, 1.807) is 17.1 Å². The molecular weight excluding hydrogens is 336 g/mol. The van der Waals surface area contributed by atoms with Gasteiger partial charge in [0.25, 0.3) is 5.91 Å². The molecule has 8 heteroatoms. The first-order valence-electron chi connectivity index (χ1n) is 9.13. The normalized spacial score (nSPS) is 15.4. The first-order chi connectivity index (χ1) is 12.6. The Morgan fingerprint density at radius 3 is 2.69 bits per heavy atom. The van der Waals surface area contributed by atoms with E-state index in [4.69, 9.17) is 13.9 Å². The van der Waals surface area contributed by atoms with Crippen molar-refractivity contribution in [1.82, 2.24) is 19.9 Å². The van der Waals surface area contributed by atoms with Crippen LogP contribution in [0.15, 0.2) is 29.0 Å². The molecule has 1 aliphatic rings. The van der Waals surface area contributed by atoms with E-state index < -0.39 is 6.29 Å². The standard InChI is InChI=1S/C18H26N4O4/c1-4-24-17(25-5-2)12-21-11-15(19-20-21)18(23)22(14-8-9-14)13(3)16-7-6-10-26-16/h6-7,10-11,13-14,17H,4-5,8-9,12H2,1-3H3. The second kappa shape index (κ2) is 8.46. The molecule has 1 atom stereocenters. The number of ether oxygens (including phenoxy) is 2. The molecule has 1 saturated carbocycles. The van der Waals surface area contributed by atoms with Gasteiger partial charge < -0.3 is 18.8 Å². The lowest BCUT2D eigenvalue weighted by atomic mass is 10.2. The minimum Gasteiger partial charge on any atom is -0.467 e. The number of rotatable bonds is 10. The van der Waals surface area contributed by atoms with Gasteiger partial charge in [0.05, 0.1) is 25.0 Å². The first kappa shape index (κ1) is 18.6. The molecule has 2 heterocycles. The molecule has 26 heavy (non-hydrogen) atoms. The van der Waals surface area contributed by atoms with Crippen molar-refractivity contribution in [2.75, 3.05) is 13.2 Å². The van der Waals surface area contributed by atoms with Gasteiger partial charge in [0, 0.05) is 19.3 Å². The van der Waals surface area contributed by atoms with Gasteiger partial charge in [-0.1, -0.05) is 5.21 Å². The van der Waals surface area contributed by atoms with Crippen molar-refractivity contribution in [3.8, 4) is 0 Å². The van der Waals surface area contributed by atoms with E-state index in [1.165, 1.54) is 0 Å². The fourth-order valence-electron chi connectivity index (χ4n) is 2.97. The summed E-state index contributed by atoms with van der Waals surface area (Å²) in [4.78, 5) is 14.9. The van der Waals surface area contributed by atoms with Crippen LogP contribution in [0, 0.1) is 0 Å². The van der Waals surface area contributed by atoms with Crippen LogP contribution < -0.4 is 0 Å². The molecule has 2 aromatic rings. The average Bonchev–Trinajstić information content (AvgIpc) is 3.13. The average molecular weight is 362 g/mol. The van der Waals surface area contributed by atoms with E-state index in [0.717, 1.165) is 18.6 Å². The van der Waals surface area contributed by atoms with Crippen LogP contribution in [0.4, 0.5) is 0 Å². The Balaban J connectivity index is 1.71. The number of aromatic nitrogens is 3. The molecule has 1 aliphatic carbocycles. The van der Waals surface area contributed by atoms with Crippen LogP contribution in [0.5, 0.6) is 0 Å². The third kappa shape index (κ3) is 4.31. The maximum atomic E-state index is 13.0. The Hall–Kier alpha value is -2.19. The molecule has 0 N–H and O–H groups in total. The Bertz CT molecular complexity index is 690. The van der Waals surface area contributed by atoms with Crippen molar-refractivity contribution in [2.24, 2.45) is 0 Å². The van der Waals surface area contributed by atoms with Crippen LogP contribution in [0.25, 0.3) is 0 Å². The fourth-order valence-corrected chi connectivity index (χ4v) is 2.97. The molecule has 0 bridgehead atoms. The SMILES string of the molecule is CCOC(Cn1cc(C(=O)N(C2CC2)C(C)c2ccco2)nn1)OCC. The molecule has 0 radical (unpaired) electrons. The van der Waals surface area contributed by atoms with E-state index in [2.05, 4.69) is 10.3 Å². The van der Waals surface area contributed by atoms with E-state index in [0.29, 0.717) is 25.5 Å². The highest BCUT2D eigenvalue weighted by Gasteiger charge is 2.38. The van der Waals surface area contributed by atoms with E-state index in [-0.39, 0.29) is 18.0 Å². The zero-order valence-electron chi connectivity index (χ0n) is 15.5. The molecule has 8 nitrogen and oxygen atoms in total. The highest BCUT2D eigenvalue weighted by Crippen LogP contribution is 2.35. The molecule has 1 fully saturated rings. The Labute approximate surface area is 153 Å². The predicted octanol–water partition coefficient (Wildman–Crippen LogP) is 2.64. The maximum Gasteiger partial charge on any atom is 0.276 e. The minimum atomic E-state index is -0.406. The minimum absolute atomic E-state index is 0.132. The number of hydrogen-bond donors (Lipinski definition) is 0. The number of nitrogens with zero attached hydrogens (tertiary/aromatic N) is 4. The van der Waals surface area contributed by atoms with Crippen molar-refractivity contribution in [1.29, 1.82) is 0 Å². The summed E-state index contributed by atoms with van der Waals surface area (Å²) in [5.74, 6) is 0.636. The summed E-state index contributed by atoms with van der Waals surface area (Å²) in [7, 11) is 0. The summed E-state index contributed by atoms with van der Waals surface area (Å²) in [5, 5.41) is 8.13. The van der Waals surface area contributed by atoms with E-state index in [1.807, 2.05) is 37.8 Å². The topological polar surface area (TPSA) is 82.6 Å². The maximum absolute atomic E-state index is 13.0. The van der Waals surface area contributed by atoms with E-state index in [9.17, 15) is 4.79 Å². The van der Waals surface area contributed by atoms with Crippen molar-refractivity contribution < 1.29 is 18.7 Å². The van der Waals surface area contributed by atoms with Crippen LogP contribution in [-0.4, -0.2) is 51.3 Å². The lowest BCUT2D eigenvalue weighted by Gasteiger charge is -2.27. The molecule has 3 rings (SSSR count). The highest BCUT2D eigenvalue weighted by atomic mass is 16.7. The van der Waals surface area contributed by atoms with Gasteiger partial charge in [-0.25, -0.2) is 4.68 Å². The zero-order chi connectivity index (χ0) is 18.5. The molecule has 142 valence electrons. The number of amides is 1. The monoisotopic (exact) mass is 362 g/mol. The smallest absolute Gasteiger partial charge is 0.276 e. The van der Waals surface area contributed by atoms with Crippen LogP contribution >= 0.6 is 0 Å². The van der Waals surface area contributed by atoms with Crippen LogP contribution in [-0.2, 0) is 16.0 Å². The first-order valence-corrected chi connectivity index (χ1v) is 9.13. The molecule has 0 aliphatic heterocycles. The van der Waals surface area contributed by atoms with Gasteiger partial charge in [-0.3, -0.25) is 4.79 Å². The van der Waals surface area contributed by atoms with Gasteiger partial charge in [0.1, 0.15) is 5.76 Å². The molecular formula is C18H26N4O4. The summed E-state index contributed by atoms with van der Waals surface area (Å²) in [6, 6.07) is 3.81. The lowest BCUT2D eigenvalue weighted by molar-refractivity contribution is -0.145. The number of hydrogen-bond acceptors (Lipinski definition) is 6. The van der Waals surface area contributed by atoms with Crippen molar-refractivity contribution >= 4 is 5.91 Å².